The average molecular weight is 487 g/mol. The van der Waals surface area contributed by atoms with Crippen molar-refractivity contribution in [2.45, 2.75) is 38.0 Å². The number of hydrogen-bond donors (Lipinski definition) is 1. The molecule has 0 radical (unpaired) electrons. The molecule has 0 aliphatic carbocycles. The van der Waals surface area contributed by atoms with E-state index in [1.807, 2.05) is 25.1 Å². The molecule has 3 aromatic carbocycles. The molecule has 0 unspecified atom stereocenters. The fraction of sp³-hybridized carbons (Fsp3) is 0.200. The van der Waals surface area contributed by atoms with Gasteiger partial charge in [-0.15, -0.1) is 0 Å². The van der Waals surface area contributed by atoms with Crippen molar-refractivity contribution in [2.24, 2.45) is 0 Å². The van der Waals surface area contributed by atoms with Crippen LogP contribution in [-0.4, -0.2) is 12.4 Å². The zero-order valence-corrected chi connectivity index (χ0v) is 20.4. The highest BCUT2D eigenvalue weighted by atomic mass is 35.5. The molecule has 0 aliphatic rings. The lowest BCUT2D eigenvalue weighted by atomic mass is 9.98. The Bertz CT molecular complexity index is 1400. The third-order valence-electron chi connectivity index (χ3n) is 5.61. The van der Waals surface area contributed by atoms with E-state index in [2.05, 4.69) is 13.8 Å². The van der Waals surface area contributed by atoms with Crippen molar-refractivity contribution in [3.8, 4) is 0 Å². The number of nitrogens with two attached hydrogens (primary N) is 1. The number of fused-ring (bicyclic) bond motifs is 1. The summed E-state index contributed by atoms with van der Waals surface area (Å²) in [6, 6.07) is 16.1. The van der Waals surface area contributed by atoms with E-state index < -0.39 is 10.0 Å². The van der Waals surface area contributed by atoms with E-state index >= 15 is 0 Å². The van der Waals surface area contributed by atoms with Crippen LogP contribution in [0.4, 0.5) is 5.69 Å². The van der Waals surface area contributed by atoms with Gasteiger partial charge in [0.05, 0.1) is 10.4 Å². The van der Waals surface area contributed by atoms with Gasteiger partial charge < -0.3 is 5.73 Å². The molecule has 0 spiro atoms. The minimum absolute atomic E-state index is 0.144. The fourth-order valence-electron chi connectivity index (χ4n) is 3.86. The third kappa shape index (κ3) is 4.13. The predicted octanol–water partition coefficient (Wildman–Crippen LogP) is 6.79. The number of nitrogen functional groups attached to an aromatic ring is 1. The Kier molecular flexibility index (Phi) is 6.01. The molecular weight excluding hydrogens is 463 g/mol. The van der Waals surface area contributed by atoms with Gasteiger partial charge in [-0.25, -0.2) is 12.4 Å². The molecule has 0 fully saturated rings. The number of hydrogen-bond acceptors (Lipinski definition) is 3. The maximum Gasteiger partial charge on any atom is 0.268 e. The molecule has 7 heteroatoms. The molecule has 1 aromatic heterocycles. The van der Waals surface area contributed by atoms with Crippen molar-refractivity contribution in [2.75, 3.05) is 5.73 Å². The standard InChI is InChI=1S/C25H24Cl2N2O2S/c1-15(2)22-14-29(32(30,31)19-7-4-16(3)5-8-19)25-9-6-17(10-20(22)25)11-21-23(26)12-18(28)13-24(21)27/h4-10,12-15H,11,28H2,1-3H3. The lowest BCUT2D eigenvalue weighted by Gasteiger charge is -2.10. The zero-order chi connectivity index (χ0) is 23.2. The Morgan fingerprint density at radius 2 is 1.59 bits per heavy atom. The highest BCUT2D eigenvalue weighted by Gasteiger charge is 2.22. The maximum absolute atomic E-state index is 13.4. The van der Waals surface area contributed by atoms with Gasteiger partial charge in [0.2, 0.25) is 0 Å². The van der Waals surface area contributed by atoms with E-state index in [0.29, 0.717) is 27.7 Å². The lowest BCUT2D eigenvalue weighted by molar-refractivity contribution is 0.589. The summed E-state index contributed by atoms with van der Waals surface area (Å²) >= 11 is 12.8. The summed E-state index contributed by atoms with van der Waals surface area (Å²) < 4.78 is 28.2. The van der Waals surface area contributed by atoms with Crippen LogP contribution in [0.2, 0.25) is 10.0 Å². The minimum Gasteiger partial charge on any atom is -0.399 e. The van der Waals surface area contributed by atoms with E-state index in [9.17, 15) is 8.42 Å². The Morgan fingerprint density at radius 3 is 2.19 bits per heavy atom. The molecule has 1 heterocycles. The van der Waals surface area contributed by atoms with Crippen LogP contribution in [0.25, 0.3) is 10.9 Å². The molecule has 4 rings (SSSR count). The maximum atomic E-state index is 13.4. The molecule has 4 nitrogen and oxygen atoms in total. The number of benzene rings is 3. The van der Waals surface area contributed by atoms with Gasteiger partial charge in [-0.1, -0.05) is 60.8 Å². The van der Waals surface area contributed by atoms with Crippen LogP contribution < -0.4 is 5.73 Å². The summed E-state index contributed by atoms with van der Waals surface area (Å²) in [6.45, 7) is 6.04. The molecule has 4 aromatic rings. The van der Waals surface area contributed by atoms with Crippen molar-refractivity contribution < 1.29 is 8.42 Å². The second-order valence-electron chi connectivity index (χ2n) is 8.34. The number of aryl methyl sites for hydroxylation is 1. The number of rotatable bonds is 5. The summed E-state index contributed by atoms with van der Waals surface area (Å²) in [5.74, 6) is 0.144. The van der Waals surface area contributed by atoms with E-state index in [4.69, 9.17) is 28.9 Å². The molecule has 0 atom stereocenters. The number of anilines is 1. The van der Waals surface area contributed by atoms with Gasteiger partial charge in [0.25, 0.3) is 10.0 Å². The monoisotopic (exact) mass is 486 g/mol. The van der Waals surface area contributed by atoms with Crippen LogP contribution >= 0.6 is 23.2 Å². The molecule has 0 saturated carbocycles. The Morgan fingerprint density at radius 1 is 0.969 bits per heavy atom. The second kappa shape index (κ2) is 8.47. The van der Waals surface area contributed by atoms with E-state index in [1.54, 1.807) is 42.6 Å². The van der Waals surface area contributed by atoms with Gasteiger partial charge in [-0.05, 0) is 65.9 Å². The molecule has 32 heavy (non-hydrogen) atoms. The van der Waals surface area contributed by atoms with Crippen LogP contribution in [0, 0.1) is 6.92 Å². The Balaban J connectivity index is 1.84. The first-order valence-corrected chi connectivity index (χ1v) is 12.5. The summed E-state index contributed by atoms with van der Waals surface area (Å²) in [5.41, 5.74) is 10.7. The first-order chi connectivity index (χ1) is 15.1. The molecule has 0 aliphatic heterocycles. The van der Waals surface area contributed by atoms with E-state index in [-0.39, 0.29) is 10.8 Å². The average Bonchev–Trinajstić information content (AvgIpc) is 3.11. The smallest absolute Gasteiger partial charge is 0.268 e. The number of nitrogens with zero attached hydrogens (tertiary/aromatic N) is 1. The van der Waals surface area contributed by atoms with Crippen LogP contribution in [-0.2, 0) is 16.4 Å². The summed E-state index contributed by atoms with van der Waals surface area (Å²) in [5, 5.41) is 1.92. The normalized spacial score (nSPS) is 12.1. The highest BCUT2D eigenvalue weighted by molar-refractivity contribution is 7.90. The molecule has 0 saturated heterocycles. The van der Waals surface area contributed by atoms with Crippen LogP contribution in [0.5, 0.6) is 0 Å². The third-order valence-corrected chi connectivity index (χ3v) is 7.97. The number of aromatic nitrogens is 1. The molecule has 2 N–H and O–H groups in total. The van der Waals surface area contributed by atoms with E-state index in [1.165, 1.54) is 3.97 Å². The van der Waals surface area contributed by atoms with Crippen molar-refractivity contribution in [1.82, 2.24) is 3.97 Å². The summed E-state index contributed by atoms with van der Waals surface area (Å²) in [7, 11) is -3.72. The lowest BCUT2D eigenvalue weighted by Crippen LogP contribution is -2.11. The predicted molar refractivity (Wildman–Crippen MR) is 133 cm³/mol. The quantitative estimate of drug-likeness (QED) is 0.315. The minimum atomic E-state index is -3.72. The van der Waals surface area contributed by atoms with Crippen LogP contribution in [0.3, 0.4) is 0 Å². The van der Waals surface area contributed by atoms with Gasteiger partial charge in [-0.3, -0.25) is 0 Å². The molecule has 166 valence electrons. The Hall–Kier alpha value is -2.47. The fourth-order valence-corrected chi connectivity index (χ4v) is 5.88. The molecule has 0 bridgehead atoms. The SMILES string of the molecule is Cc1ccc(S(=O)(=O)n2cc(C(C)C)c3cc(Cc4c(Cl)cc(N)cc4Cl)ccc32)cc1. The van der Waals surface area contributed by atoms with Gasteiger partial charge in [0.1, 0.15) is 0 Å². The van der Waals surface area contributed by atoms with Gasteiger partial charge >= 0.3 is 0 Å². The summed E-state index contributed by atoms with van der Waals surface area (Å²) in [4.78, 5) is 0.264. The van der Waals surface area contributed by atoms with E-state index in [0.717, 1.165) is 27.6 Å². The van der Waals surface area contributed by atoms with Crippen LogP contribution in [0.1, 0.15) is 42.0 Å². The van der Waals surface area contributed by atoms with Crippen molar-refractivity contribution in [1.29, 1.82) is 0 Å². The van der Waals surface area contributed by atoms with Crippen molar-refractivity contribution >= 4 is 49.8 Å². The van der Waals surface area contributed by atoms with Gasteiger partial charge in [-0.2, -0.15) is 0 Å². The second-order valence-corrected chi connectivity index (χ2v) is 11.0. The van der Waals surface area contributed by atoms with Crippen LogP contribution in [0.15, 0.2) is 65.7 Å². The van der Waals surface area contributed by atoms with Gasteiger partial charge in [0, 0.05) is 33.7 Å². The molecular formula is C25H24Cl2N2O2S. The highest BCUT2D eigenvalue weighted by Crippen LogP contribution is 2.34. The topological polar surface area (TPSA) is 65.1 Å². The number of halogens is 2. The first kappa shape index (κ1) is 22.7. The zero-order valence-electron chi connectivity index (χ0n) is 18.1. The first-order valence-electron chi connectivity index (χ1n) is 10.3. The largest absolute Gasteiger partial charge is 0.399 e. The van der Waals surface area contributed by atoms with Crippen molar-refractivity contribution in [3.63, 3.8) is 0 Å². The Labute approximate surface area is 198 Å². The summed E-state index contributed by atoms with van der Waals surface area (Å²) in [6.07, 6.45) is 2.25. The van der Waals surface area contributed by atoms with Crippen molar-refractivity contribution in [3.05, 3.63) is 93.1 Å². The van der Waals surface area contributed by atoms with Gasteiger partial charge in [0.15, 0.2) is 0 Å². The molecule has 0 amide bonds.